The number of ketones is 1. The Morgan fingerprint density at radius 3 is 2.50 bits per heavy atom. The second-order valence-corrected chi connectivity index (χ2v) is 3.76. The SMILES string of the molecule is C/C=C/[C@@H](O)[C@H](CC)C(=O)c1ccccc1. The molecule has 0 aliphatic heterocycles. The van der Waals surface area contributed by atoms with Crippen molar-refractivity contribution in [1.82, 2.24) is 0 Å². The maximum absolute atomic E-state index is 12.1. The minimum absolute atomic E-state index is 0.00806. The number of benzene rings is 1. The summed E-state index contributed by atoms with van der Waals surface area (Å²) in [6.45, 7) is 3.75. The lowest BCUT2D eigenvalue weighted by Crippen LogP contribution is -2.26. The van der Waals surface area contributed by atoms with Crippen molar-refractivity contribution >= 4 is 5.78 Å². The fourth-order valence-electron chi connectivity index (χ4n) is 1.73. The maximum atomic E-state index is 12.1. The third-order valence-corrected chi connectivity index (χ3v) is 2.64. The molecule has 0 spiro atoms. The first-order valence-corrected chi connectivity index (χ1v) is 5.60. The van der Waals surface area contributed by atoms with Crippen LogP contribution in [0, 0.1) is 5.92 Å². The van der Waals surface area contributed by atoms with Gasteiger partial charge in [-0.25, -0.2) is 0 Å². The number of aliphatic hydroxyl groups is 1. The topological polar surface area (TPSA) is 37.3 Å². The average molecular weight is 218 g/mol. The van der Waals surface area contributed by atoms with E-state index in [9.17, 15) is 9.90 Å². The van der Waals surface area contributed by atoms with Crippen LogP contribution in [0.4, 0.5) is 0 Å². The second kappa shape index (κ2) is 6.23. The summed E-state index contributed by atoms with van der Waals surface area (Å²) in [6, 6.07) is 9.12. The molecule has 0 saturated carbocycles. The lowest BCUT2D eigenvalue weighted by molar-refractivity contribution is 0.0772. The summed E-state index contributed by atoms with van der Waals surface area (Å²) in [6.07, 6.45) is 3.38. The molecule has 16 heavy (non-hydrogen) atoms. The van der Waals surface area contributed by atoms with E-state index >= 15 is 0 Å². The predicted molar refractivity (Wildman–Crippen MR) is 65.4 cm³/mol. The van der Waals surface area contributed by atoms with E-state index in [-0.39, 0.29) is 11.7 Å². The van der Waals surface area contributed by atoms with E-state index in [1.165, 1.54) is 0 Å². The number of aliphatic hydroxyl groups excluding tert-OH is 1. The van der Waals surface area contributed by atoms with Gasteiger partial charge in [0, 0.05) is 5.56 Å². The van der Waals surface area contributed by atoms with E-state index in [2.05, 4.69) is 0 Å². The molecular formula is C14H18O2. The minimum atomic E-state index is -0.692. The minimum Gasteiger partial charge on any atom is -0.388 e. The molecule has 0 aromatic heterocycles. The summed E-state index contributed by atoms with van der Waals surface area (Å²) < 4.78 is 0. The van der Waals surface area contributed by atoms with Gasteiger partial charge in [-0.15, -0.1) is 0 Å². The van der Waals surface area contributed by atoms with Crippen LogP contribution in [-0.2, 0) is 0 Å². The van der Waals surface area contributed by atoms with Gasteiger partial charge in [0.05, 0.1) is 12.0 Å². The smallest absolute Gasteiger partial charge is 0.168 e. The zero-order valence-electron chi connectivity index (χ0n) is 9.76. The molecule has 1 N–H and O–H groups in total. The van der Waals surface area contributed by atoms with Gasteiger partial charge < -0.3 is 5.11 Å². The molecule has 1 aromatic carbocycles. The summed E-state index contributed by atoms with van der Waals surface area (Å²) in [5.74, 6) is -0.340. The van der Waals surface area contributed by atoms with Gasteiger partial charge in [-0.05, 0) is 13.3 Å². The van der Waals surface area contributed by atoms with Crippen molar-refractivity contribution in [3.05, 3.63) is 48.0 Å². The monoisotopic (exact) mass is 218 g/mol. The van der Waals surface area contributed by atoms with Crippen LogP contribution in [-0.4, -0.2) is 17.0 Å². The number of carbonyl (C=O) groups is 1. The molecule has 2 nitrogen and oxygen atoms in total. The third kappa shape index (κ3) is 3.04. The van der Waals surface area contributed by atoms with E-state index in [1.54, 1.807) is 24.3 Å². The summed E-state index contributed by atoms with van der Waals surface area (Å²) in [4.78, 5) is 12.1. The maximum Gasteiger partial charge on any atom is 0.168 e. The molecule has 0 aliphatic carbocycles. The van der Waals surface area contributed by atoms with Gasteiger partial charge >= 0.3 is 0 Å². The van der Waals surface area contributed by atoms with Crippen LogP contribution in [0.2, 0.25) is 0 Å². The molecule has 0 heterocycles. The molecule has 1 aromatic rings. The van der Waals surface area contributed by atoms with Crippen LogP contribution in [0.5, 0.6) is 0 Å². The molecule has 0 saturated heterocycles. The quantitative estimate of drug-likeness (QED) is 0.609. The fraction of sp³-hybridized carbons (Fsp3) is 0.357. The molecule has 0 aliphatic rings. The Balaban J connectivity index is 2.86. The Hall–Kier alpha value is -1.41. The fourth-order valence-corrected chi connectivity index (χ4v) is 1.73. The number of allylic oxidation sites excluding steroid dienone is 1. The van der Waals surface area contributed by atoms with E-state index < -0.39 is 6.10 Å². The van der Waals surface area contributed by atoms with Crippen molar-refractivity contribution in [3.8, 4) is 0 Å². The van der Waals surface area contributed by atoms with Crippen LogP contribution in [0.3, 0.4) is 0 Å². The lowest BCUT2D eigenvalue weighted by atomic mass is 9.90. The van der Waals surface area contributed by atoms with Crippen molar-refractivity contribution in [2.75, 3.05) is 0 Å². The lowest BCUT2D eigenvalue weighted by Gasteiger charge is -2.17. The first-order chi connectivity index (χ1) is 7.70. The molecular weight excluding hydrogens is 200 g/mol. The van der Waals surface area contributed by atoms with E-state index in [1.807, 2.05) is 32.0 Å². The summed E-state index contributed by atoms with van der Waals surface area (Å²) in [5, 5.41) is 9.83. The van der Waals surface area contributed by atoms with Crippen LogP contribution in [0.1, 0.15) is 30.6 Å². The normalized spacial score (nSPS) is 14.9. The molecule has 0 amide bonds. The van der Waals surface area contributed by atoms with Gasteiger partial charge in [0.15, 0.2) is 5.78 Å². The molecule has 2 heteroatoms. The Kier molecular flexibility index (Phi) is 4.93. The van der Waals surface area contributed by atoms with Crippen molar-refractivity contribution in [2.45, 2.75) is 26.4 Å². The van der Waals surface area contributed by atoms with E-state index in [0.29, 0.717) is 12.0 Å². The highest BCUT2D eigenvalue weighted by Crippen LogP contribution is 2.17. The highest BCUT2D eigenvalue weighted by Gasteiger charge is 2.23. The Bertz CT molecular complexity index is 354. The van der Waals surface area contributed by atoms with Crippen molar-refractivity contribution < 1.29 is 9.90 Å². The number of carbonyl (C=O) groups excluding carboxylic acids is 1. The van der Waals surface area contributed by atoms with Gasteiger partial charge in [-0.3, -0.25) is 4.79 Å². The zero-order chi connectivity index (χ0) is 12.0. The number of hydrogen-bond acceptors (Lipinski definition) is 2. The number of hydrogen-bond donors (Lipinski definition) is 1. The highest BCUT2D eigenvalue weighted by molar-refractivity contribution is 5.98. The molecule has 0 fully saturated rings. The molecule has 86 valence electrons. The first-order valence-electron chi connectivity index (χ1n) is 5.60. The standard InChI is InChI=1S/C14H18O2/c1-3-8-13(15)12(4-2)14(16)11-9-6-5-7-10-11/h3,5-10,12-13,15H,4H2,1-2H3/b8-3+/t12-,13+/m0/s1. The van der Waals surface area contributed by atoms with Crippen LogP contribution in [0.25, 0.3) is 0 Å². The predicted octanol–water partition coefficient (Wildman–Crippen LogP) is 2.83. The van der Waals surface area contributed by atoms with Crippen LogP contribution in [0.15, 0.2) is 42.5 Å². The highest BCUT2D eigenvalue weighted by atomic mass is 16.3. The summed E-state index contributed by atoms with van der Waals surface area (Å²) >= 11 is 0. The number of Topliss-reactive ketones (excluding diaryl/α,β-unsaturated/α-hetero) is 1. The van der Waals surface area contributed by atoms with Crippen molar-refractivity contribution in [2.24, 2.45) is 5.92 Å². The molecule has 2 atom stereocenters. The molecule has 0 unspecified atom stereocenters. The first kappa shape index (κ1) is 12.7. The summed E-state index contributed by atoms with van der Waals surface area (Å²) in [5.41, 5.74) is 0.665. The van der Waals surface area contributed by atoms with E-state index in [0.717, 1.165) is 0 Å². The Labute approximate surface area is 96.6 Å². The molecule has 0 bridgehead atoms. The van der Waals surface area contributed by atoms with Gasteiger partial charge in [0.25, 0.3) is 0 Å². The van der Waals surface area contributed by atoms with Crippen LogP contribution >= 0.6 is 0 Å². The third-order valence-electron chi connectivity index (χ3n) is 2.64. The Morgan fingerprint density at radius 2 is 2.00 bits per heavy atom. The second-order valence-electron chi connectivity index (χ2n) is 3.76. The largest absolute Gasteiger partial charge is 0.388 e. The van der Waals surface area contributed by atoms with Crippen molar-refractivity contribution in [3.63, 3.8) is 0 Å². The molecule has 0 radical (unpaired) electrons. The molecule has 1 rings (SSSR count). The Morgan fingerprint density at radius 1 is 1.38 bits per heavy atom. The van der Waals surface area contributed by atoms with Gasteiger partial charge in [-0.1, -0.05) is 49.4 Å². The van der Waals surface area contributed by atoms with Gasteiger partial charge in [-0.2, -0.15) is 0 Å². The van der Waals surface area contributed by atoms with E-state index in [4.69, 9.17) is 0 Å². The average Bonchev–Trinajstić information content (AvgIpc) is 2.31. The van der Waals surface area contributed by atoms with Gasteiger partial charge in [0.1, 0.15) is 0 Å². The summed E-state index contributed by atoms with van der Waals surface area (Å²) in [7, 11) is 0. The zero-order valence-corrected chi connectivity index (χ0v) is 9.76. The number of rotatable bonds is 5. The van der Waals surface area contributed by atoms with Gasteiger partial charge in [0.2, 0.25) is 0 Å². The van der Waals surface area contributed by atoms with Crippen LogP contribution < -0.4 is 0 Å². The van der Waals surface area contributed by atoms with Crippen molar-refractivity contribution in [1.29, 1.82) is 0 Å².